The number of rotatable bonds is 19. The highest BCUT2D eigenvalue weighted by atomic mass is 16.6. The first kappa shape index (κ1) is 77.7. The molecule has 0 saturated heterocycles. The number of ether oxygens (including phenoxy) is 8. The first-order valence-electron chi connectivity index (χ1n) is 37.6. The second-order valence-corrected chi connectivity index (χ2v) is 27.7. The quantitative estimate of drug-likeness (QED) is 0.0536. The number of benzene rings is 12. The fourth-order valence-electron chi connectivity index (χ4n) is 14.1. The second kappa shape index (κ2) is 32.9. The zero-order valence-electron chi connectivity index (χ0n) is 65.4. The van der Waals surface area contributed by atoms with E-state index in [-0.39, 0.29) is 45.9 Å². The van der Waals surface area contributed by atoms with E-state index in [0.29, 0.717) is 157 Å². The van der Waals surface area contributed by atoms with E-state index in [4.69, 9.17) is 77.8 Å². The highest BCUT2D eigenvalue weighted by molar-refractivity contribution is 5.99. The first-order chi connectivity index (χ1) is 57.9. The fourth-order valence-corrected chi connectivity index (χ4v) is 14.1. The van der Waals surface area contributed by atoms with Crippen molar-refractivity contribution in [3.8, 4) is 169 Å². The van der Waals surface area contributed by atoms with Crippen LogP contribution in [0.4, 0.5) is 0 Å². The summed E-state index contributed by atoms with van der Waals surface area (Å²) in [7, 11) is 0. The number of carbonyl (C=O) groups excluding carboxylic acids is 8. The molecular weight excluding hydrogens is 1520 g/mol. The van der Waals surface area contributed by atoms with Gasteiger partial charge in [0.05, 0.1) is 66.9 Å². The summed E-state index contributed by atoms with van der Waals surface area (Å²) in [5, 5.41) is 0. The maximum Gasteiger partial charge on any atom is 0.308 e. The highest BCUT2D eigenvalue weighted by Crippen LogP contribution is 2.47. The van der Waals surface area contributed by atoms with Crippen molar-refractivity contribution in [2.45, 2.75) is 55.4 Å². The van der Waals surface area contributed by atoms with Crippen LogP contribution in [-0.4, -0.2) is 87.6 Å². The van der Waals surface area contributed by atoms with E-state index in [0.717, 1.165) is 11.1 Å². The van der Waals surface area contributed by atoms with Gasteiger partial charge < -0.3 is 37.9 Å². The van der Waals surface area contributed by atoms with Crippen LogP contribution in [0.3, 0.4) is 0 Å². The molecule has 0 unspecified atom stereocenters. The van der Waals surface area contributed by atoms with Crippen molar-refractivity contribution in [3.63, 3.8) is 0 Å². The van der Waals surface area contributed by atoms with Crippen LogP contribution < -0.4 is 37.9 Å². The first-order valence-corrected chi connectivity index (χ1v) is 37.6. The van der Waals surface area contributed by atoms with E-state index in [1.54, 1.807) is 176 Å². The molecule has 0 spiro atoms. The lowest BCUT2D eigenvalue weighted by Gasteiger charge is -2.18. The summed E-state index contributed by atoms with van der Waals surface area (Å²) in [6.07, 6.45) is 0. The summed E-state index contributed by atoms with van der Waals surface area (Å²) in [5.74, 6) is -2.93. The molecule has 0 radical (unpaired) electrons. The zero-order valence-corrected chi connectivity index (χ0v) is 65.4. The third kappa shape index (κ3) is 16.7. The number of nitrogens with zero attached hydrogens (tertiary/aromatic N) is 8. The lowest BCUT2D eigenvalue weighted by Crippen LogP contribution is -2.06. The van der Waals surface area contributed by atoms with Gasteiger partial charge in [0, 0.05) is 105 Å². The predicted molar refractivity (Wildman–Crippen MR) is 449 cm³/mol. The Hall–Kier alpha value is -16.2. The van der Waals surface area contributed by atoms with Gasteiger partial charge in [-0.25, -0.2) is 39.9 Å². The van der Waals surface area contributed by atoms with Gasteiger partial charge >= 0.3 is 47.8 Å². The van der Waals surface area contributed by atoms with E-state index in [9.17, 15) is 38.4 Å². The number of aromatic nitrogens is 8. The Kier molecular flexibility index (Phi) is 21.3. The largest absolute Gasteiger partial charge is 0.427 e. The monoisotopic (exact) mass is 1590 g/mol. The Morgan fingerprint density at radius 2 is 0.408 bits per heavy atom. The van der Waals surface area contributed by atoms with Crippen molar-refractivity contribution in [2.24, 2.45) is 0 Å². The fraction of sp³-hybridized carbons (Fsp3) is 0.0833. The third-order valence-corrected chi connectivity index (χ3v) is 18.9. The van der Waals surface area contributed by atoms with Crippen LogP contribution in [0.25, 0.3) is 168 Å². The molecular formula is C96H66N8O16. The predicted octanol–water partition coefficient (Wildman–Crippen LogP) is 19.2. The zero-order chi connectivity index (χ0) is 83.6. The Morgan fingerprint density at radius 1 is 0.175 bits per heavy atom. The van der Waals surface area contributed by atoms with E-state index >= 15 is 0 Å². The van der Waals surface area contributed by atoms with Crippen molar-refractivity contribution >= 4 is 91.9 Å². The summed E-state index contributed by atoms with van der Waals surface area (Å²) < 4.78 is 46.0. The summed E-state index contributed by atoms with van der Waals surface area (Å²) >= 11 is 0. The topological polar surface area (TPSA) is 314 Å². The lowest BCUT2D eigenvalue weighted by atomic mass is 9.95. The van der Waals surface area contributed by atoms with Gasteiger partial charge in [0.2, 0.25) is 0 Å². The highest BCUT2D eigenvalue weighted by Gasteiger charge is 2.28. The van der Waals surface area contributed by atoms with Gasteiger partial charge in [0.15, 0.2) is 0 Å². The van der Waals surface area contributed by atoms with Gasteiger partial charge in [-0.1, -0.05) is 109 Å². The molecule has 24 heteroatoms. The molecule has 0 amide bonds. The molecule has 0 atom stereocenters. The van der Waals surface area contributed by atoms with Crippen LogP contribution in [0.1, 0.15) is 55.4 Å². The molecule has 0 saturated carbocycles. The van der Waals surface area contributed by atoms with Crippen LogP contribution >= 0.6 is 0 Å². The summed E-state index contributed by atoms with van der Waals surface area (Å²) in [6, 6.07) is 74.1. The molecule has 12 aromatic carbocycles. The number of para-hydroxylation sites is 3. The van der Waals surface area contributed by atoms with Crippen LogP contribution in [-0.2, 0) is 38.4 Å². The number of hydrogen-bond acceptors (Lipinski definition) is 24. The normalized spacial score (nSPS) is 11.1. The maximum atomic E-state index is 13.5. The van der Waals surface area contributed by atoms with Crippen molar-refractivity contribution in [3.05, 3.63) is 255 Å². The summed E-state index contributed by atoms with van der Waals surface area (Å²) in [4.78, 5) is 143. The Labute approximate surface area is 684 Å². The van der Waals surface area contributed by atoms with Gasteiger partial charge in [-0.3, -0.25) is 38.4 Å². The number of carbonyl (C=O) groups is 8. The average molecular weight is 1590 g/mol. The van der Waals surface area contributed by atoms with Gasteiger partial charge in [0.1, 0.15) is 68.8 Å². The van der Waals surface area contributed by atoms with Crippen molar-refractivity contribution in [1.29, 1.82) is 0 Å². The van der Waals surface area contributed by atoms with Gasteiger partial charge in [-0.05, 0) is 173 Å². The number of hydrogen-bond donors (Lipinski definition) is 0. The molecule has 0 aliphatic heterocycles. The minimum atomic E-state index is -0.685. The smallest absolute Gasteiger partial charge is 0.308 e. The minimum absolute atomic E-state index is 0.0311. The van der Waals surface area contributed by atoms with E-state index in [2.05, 4.69) is 0 Å². The number of fused-ring (bicyclic) bond motifs is 4. The van der Waals surface area contributed by atoms with Crippen LogP contribution in [0, 0.1) is 0 Å². The molecule has 586 valence electrons. The van der Waals surface area contributed by atoms with Crippen LogP contribution in [0.2, 0.25) is 0 Å². The standard InChI is InChI=1S/C96H66N8O16/c1-51(105)113-68-21-15-18-64(42-68)89-91(66-20-17-23-70(44-66)115-53(3)107)101-80-45-59(32-38-76(80)97-89)60-33-39-77-81(46-60)102-92(90(98-77)65-19-16-22-69(43-65)114-52(2)106)67-31-36-71(87(50-67)119-57(7)111)63-30-37-75(88(49-63)120-58(8)112)96-95(74-26-11-14-29-86(74)118-56(6)110)104-83-48-62(35-41-79(83)100-96)61-34-40-78-82(47-61)103-94(73-25-10-13-28-85(73)117-55(5)109)93(99-78)72-24-9-12-27-84(72)116-54(4)108/h9-50H,1-8H3. The van der Waals surface area contributed by atoms with Crippen LogP contribution in [0.5, 0.6) is 46.0 Å². The van der Waals surface area contributed by atoms with Crippen molar-refractivity contribution in [1.82, 2.24) is 39.9 Å². The molecule has 16 aromatic rings. The molecule has 0 N–H and O–H groups in total. The molecule has 4 aromatic heterocycles. The second-order valence-electron chi connectivity index (χ2n) is 27.7. The van der Waals surface area contributed by atoms with Crippen molar-refractivity contribution in [2.75, 3.05) is 0 Å². The Bertz CT molecular complexity index is 7010. The molecule has 16 rings (SSSR count). The van der Waals surface area contributed by atoms with Crippen LogP contribution in [0.15, 0.2) is 255 Å². The van der Waals surface area contributed by atoms with Gasteiger partial charge in [-0.2, -0.15) is 0 Å². The molecule has 0 bridgehead atoms. The Morgan fingerprint density at radius 3 is 0.733 bits per heavy atom. The van der Waals surface area contributed by atoms with Gasteiger partial charge in [0.25, 0.3) is 0 Å². The molecule has 0 fully saturated rings. The molecule has 120 heavy (non-hydrogen) atoms. The van der Waals surface area contributed by atoms with Gasteiger partial charge in [-0.15, -0.1) is 0 Å². The van der Waals surface area contributed by atoms with E-state index in [1.165, 1.54) is 55.4 Å². The molecule has 0 aliphatic carbocycles. The van der Waals surface area contributed by atoms with E-state index in [1.807, 2.05) is 78.9 Å². The molecule has 24 nitrogen and oxygen atoms in total. The summed E-state index contributed by atoms with van der Waals surface area (Å²) in [6.45, 7) is 10.4. The SMILES string of the molecule is CC(=O)Oc1cccc(-c2nc3ccc(-c4ccc5nc(-c6cccc(OC(C)=O)c6)c(-c6ccc(-c7ccc(-c8nc9ccc(-c%10ccc%11nc(-c%12ccccc%12OC(C)=O)c(-c%12ccccc%12OC(C)=O)nc%11c%10)cc9nc8-c8ccccc8OC(C)=O)c(OC(C)=O)c7)c(OC(C)=O)c6)nc5c4)cc3nc2-c2cccc(OC(C)=O)c2)c1. The van der Waals surface area contributed by atoms with Crippen molar-refractivity contribution < 1.29 is 76.3 Å². The maximum absolute atomic E-state index is 13.5. The summed E-state index contributed by atoms with van der Waals surface area (Å²) in [5.41, 5.74) is 14.0. The lowest BCUT2D eigenvalue weighted by molar-refractivity contribution is -0.132. The minimum Gasteiger partial charge on any atom is -0.427 e. The Balaban J connectivity index is 0.799. The van der Waals surface area contributed by atoms with E-state index < -0.39 is 47.8 Å². The molecule has 4 heterocycles. The molecule has 0 aliphatic rings. The average Bonchev–Trinajstić information content (AvgIpc) is 0.759. The third-order valence-electron chi connectivity index (χ3n) is 18.9. The number of esters is 8.